The molecule has 1 unspecified atom stereocenters. The van der Waals surface area contributed by atoms with Gasteiger partial charge in [-0.05, 0) is 34.7 Å². The number of hydrogen-bond donors (Lipinski definition) is 3. The summed E-state index contributed by atoms with van der Waals surface area (Å²) in [5.74, 6) is -1.89. The van der Waals surface area contributed by atoms with Gasteiger partial charge >= 0.3 is 12.1 Å². The summed E-state index contributed by atoms with van der Waals surface area (Å²) in [5, 5.41) is 14.8. The molecule has 0 saturated heterocycles. The third-order valence-corrected chi connectivity index (χ3v) is 6.99. The quantitative estimate of drug-likeness (QED) is 0.295. The van der Waals surface area contributed by atoms with E-state index in [0.29, 0.717) is 0 Å². The second-order valence-corrected chi connectivity index (χ2v) is 9.59. The zero-order valence-corrected chi connectivity index (χ0v) is 22.5. The average Bonchev–Trinajstić information content (AvgIpc) is 3.29. The molecule has 9 heteroatoms. The fourth-order valence-corrected chi connectivity index (χ4v) is 4.83. The summed E-state index contributed by atoms with van der Waals surface area (Å²) in [6.07, 6.45) is -2.25. The number of carboxylic acid groups (broad SMARTS) is 1. The Bertz CT molecular complexity index is 1270. The predicted octanol–water partition coefficient (Wildman–Crippen LogP) is 4.10. The summed E-state index contributed by atoms with van der Waals surface area (Å²) in [6, 6.07) is 24.2. The molecule has 0 spiro atoms. The lowest BCUT2D eigenvalue weighted by molar-refractivity contribution is -0.148. The van der Waals surface area contributed by atoms with Crippen LogP contribution in [-0.2, 0) is 30.4 Å². The zero-order valence-electron chi connectivity index (χ0n) is 22.5. The van der Waals surface area contributed by atoms with Gasteiger partial charge in [0, 0.05) is 26.0 Å². The van der Waals surface area contributed by atoms with Crippen molar-refractivity contribution < 1.29 is 33.7 Å². The lowest BCUT2D eigenvalue weighted by atomic mass is 9.98. The van der Waals surface area contributed by atoms with Crippen molar-refractivity contribution in [3.8, 4) is 11.1 Å². The number of aliphatic carboxylic acids is 1. The molecular formula is C31H34N2O7. The molecule has 3 atom stereocenters. The molecule has 1 aliphatic rings. The Morgan fingerprint density at radius 3 is 2.10 bits per heavy atom. The van der Waals surface area contributed by atoms with Gasteiger partial charge in [0.25, 0.3) is 0 Å². The third-order valence-electron chi connectivity index (χ3n) is 6.99. The summed E-state index contributed by atoms with van der Waals surface area (Å²) >= 11 is 0. The molecule has 4 rings (SSSR count). The summed E-state index contributed by atoms with van der Waals surface area (Å²) in [6.45, 7) is 2.07. The highest BCUT2D eigenvalue weighted by Gasteiger charge is 2.31. The fraction of sp³-hybridized carbons (Fsp3) is 0.323. The van der Waals surface area contributed by atoms with Crippen molar-refractivity contribution in [3.63, 3.8) is 0 Å². The number of carbonyl (C=O) groups is 3. The number of fused-ring (bicyclic) bond motifs is 3. The summed E-state index contributed by atoms with van der Waals surface area (Å²) in [7, 11) is 1.35. The van der Waals surface area contributed by atoms with Gasteiger partial charge in [-0.25, -0.2) is 9.59 Å². The normalized spacial score (nSPS) is 14.3. The Balaban J connectivity index is 1.24. The van der Waals surface area contributed by atoms with Crippen LogP contribution >= 0.6 is 0 Å². The number of nitrogens with one attached hydrogen (secondary N) is 2. The van der Waals surface area contributed by atoms with Crippen LogP contribution in [0.4, 0.5) is 4.79 Å². The van der Waals surface area contributed by atoms with Crippen molar-refractivity contribution >= 4 is 18.0 Å². The first-order chi connectivity index (χ1) is 19.4. The van der Waals surface area contributed by atoms with Crippen LogP contribution in [0.2, 0.25) is 0 Å². The Kier molecular flexibility index (Phi) is 9.88. The lowest BCUT2D eigenvalue weighted by Gasteiger charge is -2.24. The summed E-state index contributed by atoms with van der Waals surface area (Å²) in [4.78, 5) is 37.0. The van der Waals surface area contributed by atoms with Crippen molar-refractivity contribution in [2.24, 2.45) is 0 Å². The molecule has 0 bridgehead atoms. The SMILES string of the molecule is COC(CCNC(=O)OCC1c2ccccc2-c2ccccc21)C(=O)N[C@H](C(=O)O)[C@@H](C)OCc1ccccc1. The first kappa shape index (κ1) is 28.8. The van der Waals surface area contributed by atoms with Crippen LogP contribution < -0.4 is 10.6 Å². The molecule has 0 radical (unpaired) electrons. The molecule has 0 aromatic heterocycles. The summed E-state index contributed by atoms with van der Waals surface area (Å²) < 4.78 is 16.5. The van der Waals surface area contributed by atoms with E-state index in [4.69, 9.17) is 14.2 Å². The van der Waals surface area contributed by atoms with E-state index in [0.717, 1.165) is 27.8 Å². The van der Waals surface area contributed by atoms with Gasteiger partial charge in [0.15, 0.2) is 6.04 Å². The average molecular weight is 547 g/mol. The van der Waals surface area contributed by atoms with Gasteiger partial charge < -0.3 is 30.0 Å². The van der Waals surface area contributed by atoms with Crippen LogP contribution in [0.1, 0.15) is 36.0 Å². The standard InChI is InChI=1S/C31H34N2O7/c1-20(39-18-21-10-4-3-5-11-21)28(30(35)36)33-29(34)27(38-2)16-17-32-31(37)40-19-26-24-14-8-6-12-22(24)23-13-7-9-15-25(23)26/h3-15,20,26-28H,16-19H2,1-2H3,(H,32,37)(H,33,34)(H,35,36)/t20-,27?,28+/m1/s1. The molecule has 3 aromatic rings. The third kappa shape index (κ3) is 7.05. The molecule has 3 aromatic carbocycles. The maximum Gasteiger partial charge on any atom is 0.407 e. The monoisotopic (exact) mass is 546 g/mol. The molecule has 0 aliphatic heterocycles. The van der Waals surface area contributed by atoms with Gasteiger partial charge in [0.05, 0.1) is 12.7 Å². The van der Waals surface area contributed by atoms with Crippen molar-refractivity contribution in [1.82, 2.24) is 10.6 Å². The highest BCUT2D eigenvalue weighted by atomic mass is 16.5. The van der Waals surface area contributed by atoms with Gasteiger partial charge in [-0.15, -0.1) is 0 Å². The first-order valence-electron chi connectivity index (χ1n) is 13.2. The van der Waals surface area contributed by atoms with Crippen molar-refractivity contribution in [2.45, 2.75) is 44.1 Å². The number of amides is 2. The van der Waals surface area contributed by atoms with Crippen molar-refractivity contribution in [2.75, 3.05) is 20.3 Å². The molecule has 0 heterocycles. The minimum atomic E-state index is -1.27. The number of carbonyl (C=O) groups excluding carboxylic acids is 2. The second kappa shape index (κ2) is 13.7. The van der Waals surface area contributed by atoms with E-state index in [9.17, 15) is 19.5 Å². The van der Waals surface area contributed by atoms with Crippen LogP contribution in [0, 0.1) is 0 Å². The number of benzene rings is 3. The highest BCUT2D eigenvalue weighted by Crippen LogP contribution is 2.44. The van der Waals surface area contributed by atoms with Crippen LogP contribution in [-0.4, -0.2) is 61.6 Å². The van der Waals surface area contributed by atoms with Crippen LogP contribution in [0.5, 0.6) is 0 Å². The molecule has 9 nitrogen and oxygen atoms in total. The molecule has 1 aliphatic carbocycles. The topological polar surface area (TPSA) is 123 Å². The lowest BCUT2D eigenvalue weighted by Crippen LogP contribution is -2.52. The van der Waals surface area contributed by atoms with E-state index in [2.05, 4.69) is 22.8 Å². The molecule has 0 fully saturated rings. The van der Waals surface area contributed by atoms with Gasteiger partial charge in [-0.2, -0.15) is 0 Å². The first-order valence-corrected chi connectivity index (χ1v) is 13.2. The van der Waals surface area contributed by atoms with Crippen LogP contribution in [0.15, 0.2) is 78.9 Å². The van der Waals surface area contributed by atoms with Crippen LogP contribution in [0.3, 0.4) is 0 Å². The smallest absolute Gasteiger partial charge is 0.407 e. The van der Waals surface area contributed by atoms with Gasteiger partial charge in [-0.1, -0.05) is 78.9 Å². The largest absolute Gasteiger partial charge is 0.480 e. The second-order valence-electron chi connectivity index (χ2n) is 9.59. The van der Waals surface area contributed by atoms with E-state index in [1.54, 1.807) is 6.92 Å². The minimum Gasteiger partial charge on any atom is -0.480 e. The number of carboxylic acids is 1. The van der Waals surface area contributed by atoms with Gasteiger partial charge in [-0.3, -0.25) is 4.79 Å². The number of rotatable bonds is 13. The Labute approximate surface area is 233 Å². The molecule has 0 saturated carbocycles. The number of methoxy groups -OCH3 is 1. The minimum absolute atomic E-state index is 0.0605. The summed E-state index contributed by atoms with van der Waals surface area (Å²) in [5.41, 5.74) is 5.39. The Morgan fingerprint density at radius 1 is 0.900 bits per heavy atom. The number of ether oxygens (including phenoxy) is 3. The predicted molar refractivity (Wildman–Crippen MR) is 149 cm³/mol. The fourth-order valence-electron chi connectivity index (χ4n) is 4.83. The number of alkyl carbamates (subject to hydrolysis) is 1. The highest BCUT2D eigenvalue weighted by molar-refractivity contribution is 5.86. The van der Waals surface area contributed by atoms with E-state index in [-0.39, 0.29) is 32.1 Å². The zero-order chi connectivity index (χ0) is 28.5. The van der Waals surface area contributed by atoms with E-state index in [1.807, 2.05) is 66.7 Å². The molecule has 40 heavy (non-hydrogen) atoms. The van der Waals surface area contributed by atoms with Gasteiger partial charge in [0.1, 0.15) is 12.7 Å². The van der Waals surface area contributed by atoms with Crippen molar-refractivity contribution in [1.29, 1.82) is 0 Å². The number of hydrogen-bond acceptors (Lipinski definition) is 6. The Hall–Kier alpha value is -4.21. The maximum absolute atomic E-state index is 12.8. The molecule has 210 valence electrons. The van der Waals surface area contributed by atoms with Crippen LogP contribution in [0.25, 0.3) is 11.1 Å². The molecule has 3 N–H and O–H groups in total. The van der Waals surface area contributed by atoms with Crippen molar-refractivity contribution in [3.05, 3.63) is 95.6 Å². The van der Waals surface area contributed by atoms with E-state index < -0.39 is 36.2 Å². The molecule has 2 amide bonds. The Morgan fingerprint density at radius 2 is 1.50 bits per heavy atom. The van der Waals surface area contributed by atoms with Gasteiger partial charge in [0.2, 0.25) is 5.91 Å². The maximum atomic E-state index is 12.8. The van der Waals surface area contributed by atoms with E-state index in [1.165, 1.54) is 7.11 Å². The molecular weight excluding hydrogens is 512 g/mol. The van der Waals surface area contributed by atoms with E-state index >= 15 is 0 Å².